The van der Waals surface area contributed by atoms with Crippen molar-refractivity contribution in [2.24, 2.45) is 0 Å². The highest BCUT2D eigenvalue weighted by Gasteiger charge is 2.15. The zero-order valence-corrected chi connectivity index (χ0v) is 15.0. The number of aromatic nitrogens is 4. The lowest BCUT2D eigenvalue weighted by atomic mass is 10.1. The fourth-order valence-corrected chi connectivity index (χ4v) is 2.62. The van der Waals surface area contributed by atoms with E-state index in [2.05, 4.69) is 25.3 Å². The van der Waals surface area contributed by atoms with Crippen LogP contribution < -0.4 is 15.5 Å². The van der Waals surface area contributed by atoms with Gasteiger partial charge in [-0.25, -0.2) is 20.4 Å². The Kier molecular flexibility index (Phi) is 6.47. The summed E-state index contributed by atoms with van der Waals surface area (Å²) >= 11 is 0. The summed E-state index contributed by atoms with van der Waals surface area (Å²) in [5.41, 5.74) is 2.99. The van der Waals surface area contributed by atoms with Gasteiger partial charge in [-0.15, -0.1) is 0 Å². The average Bonchev–Trinajstić information content (AvgIpc) is 3.20. The standard InChI is InChI=1S/C18H20N6O4/c25-14(24-27)8-2-1-5-9-28-13-7-4-3-6-12(13)18(26)23-17-15-16(20-10-19-15)21-11-22-17/h3-4,6-7,10-11,27H,1-2,5,8-9H2,(H,24,25)(H2,19,20,21,22,23,26). The van der Waals surface area contributed by atoms with Crippen LogP contribution in [0.1, 0.15) is 36.0 Å². The first kappa shape index (κ1) is 19.2. The van der Waals surface area contributed by atoms with E-state index in [0.29, 0.717) is 41.3 Å². The van der Waals surface area contributed by atoms with Gasteiger partial charge >= 0.3 is 0 Å². The number of carbonyl (C=O) groups is 2. The van der Waals surface area contributed by atoms with Crippen LogP contribution in [0.3, 0.4) is 0 Å². The molecule has 0 aliphatic rings. The topological polar surface area (TPSA) is 142 Å². The minimum atomic E-state index is -0.404. The average molecular weight is 384 g/mol. The first-order valence-corrected chi connectivity index (χ1v) is 8.79. The number of hydrogen-bond acceptors (Lipinski definition) is 7. The van der Waals surface area contributed by atoms with Crippen molar-refractivity contribution in [1.82, 2.24) is 25.4 Å². The van der Waals surface area contributed by atoms with Crippen molar-refractivity contribution in [3.63, 3.8) is 0 Å². The normalized spacial score (nSPS) is 10.6. The third-order valence-corrected chi connectivity index (χ3v) is 4.02. The third-order valence-electron chi connectivity index (χ3n) is 4.02. The van der Waals surface area contributed by atoms with Crippen molar-refractivity contribution in [1.29, 1.82) is 0 Å². The lowest BCUT2D eigenvalue weighted by Gasteiger charge is -2.11. The SMILES string of the molecule is O=C(CCCCCOc1ccccc1C(=O)Nc1ncnc2nc[nH]c12)NO. The summed E-state index contributed by atoms with van der Waals surface area (Å²) in [4.78, 5) is 38.7. The molecular weight excluding hydrogens is 364 g/mol. The van der Waals surface area contributed by atoms with Crippen LogP contribution in [-0.2, 0) is 4.79 Å². The van der Waals surface area contributed by atoms with Gasteiger partial charge in [0, 0.05) is 6.42 Å². The minimum absolute atomic E-state index is 0.260. The summed E-state index contributed by atoms with van der Waals surface area (Å²) in [6.07, 6.45) is 5.20. The van der Waals surface area contributed by atoms with E-state index < -0.39 is 5.91 Å². The Morgan fingerprint density at radius 3 is 2.82 bits per heavy atom. The monoisotopic (exact) mass is 384 g/mol. The molecule has 10 heteroatoms. The second-order valence-electron chi connectivity index (χ2n) is 5.97. The predicted octanol–water partition coefficient (Wildman–Crippen LogP) is 2.05. The highest BCUT2D eigenvalue weighted by molar-refractivity contribution is 6.08. The number of hydrogen-bond donors (Lipinski definition) is 4. The van der Waals surface area contributed by atoms with Crippen LogP contribution in [0, 0.1) is 0 Å². The van der Waals surface area contributed by atoms with Gasteiger partial charge in [-0.3, -0.25) is 14.8 Å². The molecule has 0 saturated heterocycles. The van der Waals surface area contributed by atoms with E-state index in [9.17, 15) is 9.59 Å². The number of carbonyl (C=O) groups excluding carboxylic acids is 2. The number of ether oxygens (including phenoxy) is 1. The molecule has 10 nitrogen and oxygen atoms in total. The summed E-state index contributed by atoms with van der Waals surface area (Å²) in [6, 6.07) is 6.93. The Balaban J connectivity index is 1.58. The van der Waals surface area contributed by atoms with Crippen molar-refractivity contribution in [3.05, 3.63) is 42.5 Å². The number of rotatable bonds is 9. The molecule has 4 N–H and O–H groups in total. The zero-order chi connectivity index (χ0) is 19.8. The molecule has 0 saturated carbocycles. The van der Waals surface area contributed by atoms with Gasteiger partial charge in [0.05, 0.1) is 18.5 Å². The molecule has 1 aromatic carbocycles. The van der Waals surface area contributed by atoms with Crippen LogP contribution >= 0.6 is 0 Å². The van der Waals surface area contributed by atoms with Crippen LogP contribution in [0.5, 0.6) is 5.75 Å². The van der Waals surface area contributed by atoms with Gasteiger partial charge in [0.15, 0.2) is 11.5 Å². The van der Waals surface area contributed by atoms with E-state index in [0.717, 1.165) is 12.8 Å². The molecule has 0 fully saturated rings. The van der Waals surface area contributed by atoms with Crippen molar-refractivity contribution < 1.29 is 19.5 Å². The lowest BCUT2D eigenvalue weighted by molar-refractivity contribution is -0.129. The van der Waals surface area contributed by atoms with Crippen molar-refractivity contribution in [2.45, 2.75) is 25.7 Å². The molecule has 28 heavy (non-hydrogen) atoms. The van der Waals surface area contributed by atoms with Gasteiger partial charge in [0.2, 0.25) is 5.91 Å². The Bertz CT molecular complexity index is 958. The van der Waals surface area contributed by atoms with Gasteiger partial charge < -0.3 is 15.0 Å². The first-order valence-electron chi connectivity index (χ1n) is 8.79. The van der Waals surface area contributed by atoms with Crippen LogP contribution in [0.4, 0.5) is 5.82 Å². The van der Waals surface area contributed by atoms with Crippen LogP contribution in [0.15, 0.2) is 36.9 Å². The maximum atomic E-state index is 12.7. The fraction of sp³-hybridized carbons (Fsp3) is 0.278. The molecule has 2 heterocycles. The molecule has 0 bridgehead atoms. The Morgan fingerprint density at radius 1 is 1.11 bits per heavy atom. The van der Waals surface area contributed by atoms with Crippen LogP contribution in [0.25, 0.3) is 11.2 Å². The number of anilines is 1. The summed E-state index contributed by atoms with van der Waals surface area (Å²) < 4.78 is 5.74. The number of nitrogens with zero attached hydrogens (tertiary/aromatic N) is 3. The Labute approximate surface area is 160 Å². The number of para-hydroxylation sites is 1. The number of benzene rings is 1. The van der Waals surface area contributed by atoms with Gasteiger partial charge in [-0.1, -0.05) is 12.1 Å². The highest BCUT2D eigenvalue weighted by atomic mass is 16.5. The third kappa shape index (κ3) is 4.80. The highest BCUT2D eigenvalue weighted by Crippen LogP contribution is 2.21. The van der Waals surface area contributed by atoms with Crippen molar-refractivity contribution in [2.75, 3.05) is 11.9 Å². The van der Waals surface area contributed by atoms with E-state index in [-0.39, 0.29) is 12.3 Å². The molecule has 3 aromatic rings. The Hall–Kier alpha value is -3.53. The van der Waals surface area contributed by atoms with Crippen molar-refractivity contribution in [3.8, 4) is 5.75 Å². The second kappa shape index (κ2) is 9.42. The fourth-order valence-electron chi connectivity index (χ4n) is 2.62. The zero-order valence-electron chi connectivity index (χ0n) is 15.0. The number of nitrogens with one attached hydrogen (secondary N) is 3. The van der Waals surface area contributed by atoms with E-state index >= 15 is 0 Å². The van der Waals surface area contributed by atoms with Gasteiger partial charge in [-0.05, 0) is 31.4 Å². The number of aromatic amines is 1. The minimum Gasteiger partial charge on any atom is -0.493 e. The molecule has 2 amide bonds. The summed E-state index contributed by atoms with van der Waals surface area (Å²) in [7, 11) is 0. The number of H-pyrrole nitrogens is 1. The first-order chi connectivity index (χ1) is 13.7. The van der Waals surface area contributed by atoms with Crippen LogP contribution in [-0.4, -0.2) is 43.6 Å². The number of hydroxylamine groups is 1. The van der Waals surface area contributed by atoms with Gasteiger partial charge in [-0.2, -0.15) is 0 Å². The maximum absolute atomic E-state index is 12.7. The maximum Gasteiger partial charge on any atom is 0.260 e. The van der Waals surface area contributed by atoms with Crippen LogP contribution in [0.2, 0.25) is 0 Å². The van der Waals surface area contributed by atoms with E-state index in [4.69, 9.17) is 9.94 Å². The molecular formula is C18H20N6O4. The molecule has 0 atom stereocenters. The van der Waals surface area contributed by atoms with Gasteiger partial charge in [0.1, 0.15) is 17.6 Å². The number of amides is 2. The predicted molar refractivity (Wildman–Crippen MR) is 100.0 cm³/mol. The van der Waals surface area contributed by atoms with E-state index in [1.54, 1.807) is 29.7 Å². The Morgan fingerprint density at radius 2 is 1.96 bits per heavy atom. The van der Waals surface area contributed by atoms with E-state index in [1.165, 1.54) is 12.7 Å². The molecule has 2 aromatic heterocycles. The summed E-state index contributed by atoms with van der Waals surface area (Å²) in [6.45, 7) is 0.406. The molecule has 146 valence electrons. The molecule has 0 radical (unpaired) electrons. The summed E-state index contributed by atoms with van der Waals surface area (Å²) in [5.74, 6) is 0.0383. The molecule has 0 spiro atoms. The van der Waals surface area contributed by atoms with E-state index in [1.807, 2.05) is 0 Å². The largest absolute Gasteiger partial charge is 0.493 e. The molecule has 0 unspecified atom stereocenters. The van der Waals surface area contributed by atoms with Crippen molar-refractivity contribution >= 4 is 28.8 Å². The number of unbranched alkanes of at least 4 members (excludes halogenated alkanes) is 2. The molecule has 0 aliphatic heterocycles. The van der Waals surface area contributed by atoms with Gasteiger partial charge in [0.25, 0.3) is 5.91 Å². The lowest BCUT2D eigenvalue weighted by Crippen LogP contribution is -2.17. The number of fused-ring (bicyclic) bond motifs is 1. The second-order valence-corrected chi connectivity index (χ2v) is 5.97. The smallest absolute Gasteiger partial charge is 0.260 e. The molecule has 3 rings (SSSR count). The number of imidazole rings is 1. The quantitative estimate of drug-likeness (QED) is 0.251. The summed E-state index contributed by atoms with van der Waals surface area (Å²) in [5, 5.41) is 11.2. The molecule has 0 aliphatic carbocycles.